The summed E-state index contributed by atoms with van der Waals surface area (Å²) in [6, 6.07) is 19.4. The molecule has 156 valence electrons. The number of carbonyl (C=O) groups is 1. The third-order valence-electron chi connectivity index (χ3n) is 4.87. The van der Waals surface area contributed by atoms with Crippen LogP contribution in [0.15, 0.2) is 60.7 Å². The highest BCUT2D eigenvalue weighted by molar-refractivity contribution is 5.66. The zero-order chi connectivity index (χ0) is 20.6. The molecule has 1 fully saturated rings. The number of esters is 1. The van der Waals surface area contributed by atoms with Crippen LogP contribution in [0, 0.1) is 0 Å². The second kappa shape index (κ2) is 10.5. The van der Waals surface area contributed by atoms with E-state index < -0.39 is 36.5 Å². The van der Waals surface area contributed by atoms with Gasteiger partial charge in [0.15, 0.2) is 6.10 Å². The molecule has 1 aliphatic heterocycles. The van der Waals surface area contributed by atoms with Crippen LogP contribution < -0.4 is 0 Å². The Morgan fingerprint density at radius 1 is 0.966 bits per heavy atom. The number of carbonyl (C=O) groups excluding carboxylic acids is 1. The number of hydrogen-bond donors (Lipinski definition) is 1. The summed E-state index contributed by atoms with van der Waals surface area (Å²) in [5.41, 5.74) is 2.01. The van der Waals surface area contributed by atoms with Gasteiger partial charge in [-0.3, -0.25) is 4.79 Å². The molecule has 5 atom stereocenters. The summed E-state index contributed by atoms with van der Waals surface area (Å²) >= 11 is 0. The molecule has 0 spiro atoms. The molecule has 0 aliphatic carbocycles. The third-order valence-corrected chi connectivity index (χ3v) is 4.87. The maximum Gasteiger partial charge on any atom is 0.303 e. The van der Waals surface area contributed by atoms with Gasteiger partial charge in [-0.05, 0) is 18.1 Å². The highest BCUT2D eigenvalue weighted by atomic mass is 16.6. The van der Waals surface area contributed by atoms with E-state index in [2.05, 4.69) is 0 Å². The molecule has 0 bridgehead atoms. The lowest BCUT2D eigenvalue weighted by molar-refractivity contribution is -0.250. The van der Waals surface area contributed by atoms with E-state index in [4.69, 9.17) is 18.9 Å². The number of aliphatic hydroxyl groups excluding tert-OH is 1. The Hall–Kier alpha value is -2.25. The minimum absolute atomic E-state index is 0.207. The maximum atomic E-state index is 11.6. The standard InChI is InChI=1S/C23H28O6/c1-16-22(29-17(2)24)23(27-14-19-11-7-4-8-12-19)21(25)20(28-16)15-26-13-18-9-5-3-6-10-18/h3-12,16,20-23,25H,13-15H2,1-2H3/t16-,20?,21+,22?,23?/m0/s1. The molecular formula is C23H28O6. The Kier molecular flexibility index (Phi) is 7.77. The quantitative estimate of drug-likeness (QED) is 0.687. The van der Waals surface area contributed by atoms with E-state index >= 15 is 0 Å². The summed E-state index contributed by atoms with van der Waals surface area (Å²) in [6.07, 6.45) is -3.42. The monoisotopic (exact) mass is 400 g/mol. The fraction of sp³-hybridized carbons (Fsp3) is 0.435. The molecule has 2 aromatic carbocycles. The number of benzene rings is 2. The van der Waals surface area contributed by atoms with Crippen LogP contribution in [-0.2, 0) is 37.0 Å². The lowest BCUT2D eigenvalue weighted by Crippen LogP contribution is -2.59. The largest absolute Gasteiger partial charge is 0.457 e. The van der Waals surface area contributed by atoms with Crippen molar-refractivity contribution in [3.05, 3.63) is 71.8 Å². The predicted molar refractivity (Wildman–Crippen MR) is 107 cm³/mol. The molecule has 3 unspecified atom stereocenters. The number of ether oxygens (including phenoxy) is 4. The molecule has 1 N–H and O–H groups in total. The molecule has 0 saturated carbocycles. The Bertz CT molecular complexity index is 750. The van der Waals surface area contributed by atoms with Crippen molar-refractivity contribution in [2.24, 2.45) is 0 Å². The highest BCUT2D eigenvalue weighted by Gasteiger charge is 2.46. The Morgan fingerprint density at radius 2 is 1.55 bits per heavy atom. The second-order valence-corrected chi connectivity index (χ2v) is 7.21. The molecule has 1 heterocycles. The lowest BCUT2D eigenvalue weighted by Gasteiger charge is -2.43. The van der Waals surface area contributed by atoms with Crippen molar-refractivity contribution in [1.82, 2.24) is 0 Å². The van der Waals surface area contributed by atoms with Crippen LogP contribution >= 0.6 is 0 Å². The van der Waals surface area contributed by atoms with E-state index in [1.165, 1.54) is 6.92 Å². The van der Waals surface area contributed by atoms with Gasteiger partial charge in [-0.1, -0.05) is 60.7 Å². The molecule has 6 nitrogen and oxygen atoms in total. The molecule has 29 heavy (non-hydrogen) atoms. The average molecular weight is 400 g/mol. The molecular weight excluding hydrogens is 372 g/mol. The number of hydrogen-bond acceptors (Lipinski definition) is 6. The normalized spacial score (nSPS) is 26.8. The molecule has 1 aliphatic rings. The van der Waals surface area contributed by atoms with Gasteiger partial charge < -0.3 is 24.1 Å². The van der Waals surface area contributed by atoms with E-state index in [1.807, 2.05) is 67.6 Å². The summed E-state index contributed by atoms with van der Waals surface area (Å²) in [7, 11) is 0. The minimum atomic E-state index is -0.991. The van der Waals surface area contributed by atoms with Crippen molar-refractivity contribution < 1.29 is 28.8 Å². The van der Waals surface area contributed by atoms with Crippen LogP contribution in [-0.4, -0.2) is 48.2 Å². The van der Waals surface area contributed by atoms with E-state index in [1.54, 1.807) is 0 Å². The first kappa shape index (κ1) is 21.5. The van der Waals surface area contributed by atoms with Crippen molar-refractivity contribution in [1.29, 1.82) is 0 Å². The van der Waals surface area contributed by atoms with Crippen molar-refractivity contribution in [2.75, 3.05) is 6.61 Å². The first-order valence-corrected chi connectivity index (χ1v) is 9.82. The molecule has 6 heteroatoms. The first-order chi connectivity index (χ1) is 14.0. The van der Waals surface area contributed by atoms with Crippen LogP contribution in [0.3, 0.4) is 0 Å². The lowest BCUT2D eigenvalue weighted by atomic mass is 9.95. The van der Waals surface area contributed by atoms with Crippen LogP contribution in [0.2, 0.25) is 0 Å². The van der Waals surface area contributed by atoms with Gasteiger partial charge in [-0.15, -0.1) is 0 Å². The number of rotatable bonds is 8. The summed E-state index contributed by atoms with van der Waals surface area (Å²) in [4.78, 5) is 11.6. The zero-order valence-electron chi connectivity index (χ0n) is 16.8. The van der Waals surface area contributed by atoms with Gasteiger partial charge in [0.25, 0.3) is 0 Å². The third kappa shape index (κ3) is 6.11. The van der Waals surface area contributed by atoms with Crippen LogP contribution in [0.1, 0.15) is 25.0 Å². The smallest absolute Gasteiger partial charge is 0.303 e. The molecule has 0 aromatic heterocycles. The second-order valence-electron chi connectivity index (χ2n) is 7.21. The van der Waals surface area contributed by atoms with Crippen LogP contribution in [0.4, 0.5) is 0 Å². The average Bonchev–Trinajstić information content (AvgIpc) is 2.72. The fourth-order valence-corrected chi connectivity index (χ4v) is 3.43. The van der Waals surface area contributed by atoms with E-state index in [0.29, 0.717) is 13.2 Å². The SMILES string of the molecule is CC(=O)OC1C(OCc2ccccc2)[C@H](O)C(COCc2ccccc2)O[C@H]1C. The van der Waals surface area contributed by atoms with Crippen LogP contribution in [0.25, 0.3) is 0 Å². The van der Waals surface area contributed by atoms with Gasteiger partial charge in [0.2, 0.25) is 0 Å². The van der Waals surface area contributed by atoms with Crippen molar-refractivity contribution in [2.45, 2.75) is 57.6 Å². The van der Waals surface area contributed by atoms with Gasteiger partial charge >= 0.3 is 5.97 Å². The predicted octanol–water partition coefficient (Wildman–Crippen LogP) is 2.87. The van der Waals surface area contributed by atoms with Crippen molar-refractivity contribution >= 4 is 5.97 Å². The van der Waals surface area contributed by atoms with E-state index in [0.717, 1.165) is 11.1 Å². The van der Waals surface area contributed by atoms with E-state index in [9.17, 15) is 9.90 Å². The Morgan fingerprint density at radius 3 is 2.14 bits per heavy atom. The fourth-order valence-electron chi connectivity index (χ4n) is 3.43. The molecule has 2 aromatic rings. The van der Waals surface area contributed by atoms with Gasteiger partial charge in [-0.2, -0.15) is 0 Å². The van der Waals surface area contributed by atoms with Crippen molar-refractivity contribution in [3.8, 4) is 0 Å². The summed E-state index contributed by atoms with van der Waals surface area (Å²) in [5.74, 6) is -0.440. The van der Waals surface area contributed by atoms with E-state index in [-0.39, 0.29) is 6.61 Å². The summed E-state index contributed by atoms with van der Waals surface area (Å²) in [5, 5.41) is 10.9. The van der Waals surface area contributed by atoms with Crippen LogP contribution in [0.5, 0.6) is 0 Å². The molecule has 1 saturated heterocycles. The Labute approximate surface area is 171 Å². The van der Waals surface area contributed by atoms with Crippen molar-refractivity contribution in [3.63, 3.8) is 0 Å². The first-order valence-electron chi connectivity index (χ1n) is 9.82. The highest BCUT2D eigenvalue weighted by Crippen LogP contribution is 2.27. The minimum Gasteiger partial charge on any atom is -0.457 e. The van der Waals surface area contributed by atoms with Gasteiger partial charge in [-0.25, -0.2) is 0 Å². The topological polar surface area (TPSA) is 74.2 Å². The Balaban J connectivity index is 1.64. The van der Waals surface area contributed by atoms with Gasteiger partial charge in [0.05, 0.1) is 25.9 Å². The zero-order valence-corrected chi connectivity index (χ0v) is 16.8. The van der Waals surface area contributed by atoms with Gasteiger partial charge in [0.1, 0.15) is 18.3 Å². The van der Waals surface area contributed by atoms with Gasteiger partial charge in [0, 0.05) is 6.92 Å². The number of aliphatic hydroxyl groups is 1. The maximum absolute atomic E-state index is 11.6. The molecule has 3 rings (SSSR count). The summed E-state index contributed by atoms with van der Waals surface area (Å²) in [6.45, 7) is 4.07. The molecule has 0 radical (unpaired) electrons. The molecule has 0 amide bonds. The summed E-state index contributed by atoms with van der Waals surface area (Å²) < 4.78 is 23.1.